The molecule has 1 fully saturated rings. The molecule has 14 nitrogen and oxygen atoms in total. The van der Waals surface area contributed by atoms with Crippen LogP contribution in [0, 0.1) is 0 Å². The number of aldehydes is 1. The summed E-state index contributed by atoms with van der Waals surface area (Å²) in [6, 6.07) is 0. The molecule has 1 aliphatic rings. The van der Waals surface area contributed by atoms with E-state index in [9.17, 15) is 15.0 Å². The normalized spacial score (nSPS) is 27.1. The van der Waals surface area contributed by atoms with Crippen LogP contribution in [0.25, 0.3) is 11.2 Å². The number of imidazole rings is 1. The Hall–Kier alpha value is -2.30. The maximum absolute atomic E-state index is 9.95. The lowest BCUT2D eigenvalue weighted by molar-refractivity contribution is -0.127. The lowest BCUT2D eigenvalue weighted by atomic mass is 10.1. The Balaban J connectivity index is 0.000000257. The molecule has 162 valence electrons. The fourth-order valence-electron chi connectivity index (χ4n) is 2.58. The number of aliphatic hydroxyl groups is 7. The first-order chi connectivity index (χ1) is 13.8. The smallest absolute Gasteiger partial charge is 0.167 e. The summed E-state index contributed by atoms with van der Waals surface area (Å²) in [7, 11) is 0. The van der Waals surface area contributed by atoms with Gasteiger partial charge in [0, 0.05) is 0 Å². The van der Waals surface area contributed by atoms with Gasteiger partial charge in [-0.25, -0.2) is 15.0 Å². The summed E-state index contributed by atoms with van der Waals surface area (Å²) < 4.78 is 6.85. The SMILES string of the molecule is Nc1ncnc2c1ncn2[C@@H]1O[C@H](CO)[C@@H](O)[C@H]1O.O=C[C@H](O)[C@H](O)[C@H](O)CO. The molecule has 3 heterocycles. The highest BCUT2D eigenvalue weighted by Crippen LogP contribution is 2.31. The molecule has 3 rings (SSSR count). The predicted octanol–water partition coefficient (Wildman–Crippen LogP) is -4.72. The third kappa shape index (κ3) is 4.82. The predicted molar refractivity (Wildman–Crippen MR) is 93.9 cm³/mol. The van der Waals surface area contributed by atoms with Crippen LogP contribution in [0.15, 0.2) is 12.7 Å². The maximum Gasteiger partial charge on any atom is 0.167 e. The molecule has 0 unspecified atom stereocenters. The van der Waals surface area contributed by atoms with Crippen molar-refractivity contribution in [3.63, 3.8) is 0 Å². The van der Waals surface area contributed by atoms with Crippen molar-refractivity contribution in [3.05, 3.63) is 12.7 Å². The number of carbonyl (C=O) groups excluding carboxylic acids is 1. The molecule has 2 aromatic rings. The number of carbonyl (C=O) groups is 1. The number of aromatic nitrogens is 4. The van der Waals surface area contributed by atoms with Gasteiger partial charge in [0.25, 0.3) is 0 Å². The van der Waals surface area contributed by atoms with Crippen LogP contribution in [0.1, 0.15) is 6.23 Å². The van der Waals surface area contributed by atoms with Crippen molar-refractivity contribution in [2.75, 3.05) is 18.9 Å². The van der Waals surface area contributed by atoms with Crippen molar-refractivity contribution < 1.29 is 45.3 Å². The van der Waals surface area contributed by atoms with Gasteiger partial charge in [-0.15, -0.1) is 0 Å². The van der Waals surface area contributed by atoms with Crippen molar-refractivity contribution in [1.29, 1.82) is 0 Å². The number of fused-ring (bicyclic) bond motifs is 1. The second-order valence-electron chi connectivity index (χ2n) is 6.18. The van der Waals surface area contributed by atoms with Gasteiger partial charge < -0.3 is 51.0 Å². The Morgan fingerprint density at radius 2 is 1.86 bits per heavy atom. The van der Waals surface area contributed by atoms with Crippen LogP contribution in [0.3, 0.4) is 0 Å². The molecule has 1 aliphatic heterocycles. The molecule has 0 radical (unpaired) electrons. The zero-order valence-corrected chi connectivity index (χ0v) is 15.0. The first-order valence-electron chi connectivity index (χ1n) is 8.42. The minimum atomic E-state index is -1.64. The fourth-order valence-corrected chi connectivity index (χ4v) is 2.58. The van der Waals surface area contributed by atoms with E-state index in [1.165, 1.54) is 17.2 Å². The second kappa shape index (κ2) is 9.95. The zero-order chi connectivity index (χ0) is 21.7. The summed E-state index contributed by atoms with van der Waals surface area (Å²) >= 11 is 0. The molecule has 9 N–H and O–H groups in total. The largest absolute Gasteiger partial charge is 0.394 e. The Morgan fingerprint density at radius 3 is 2.41 bits per heavy atom. The molecular formula is C15H23N5O9. The Morgan fingerprint density at radius 1 is 1.17 bits per heavy atom. The highest BCUT2D eigenvalue weighted by Gasteiger charge is 2.43. The Kier molecular flexibility index (Phi) is 7.88. The average molecular weight is 417 g/mol. The Bertz CT molecular complexity index is 806. The van der Waals surface area contributed by atoms with Crippen LogP contribution in [0.5, 0.6) is 0 Å². The lowest BCUT2D eigenvalue weighted by Gasteiger charge is -2.16. The molecule has 0 saturated carbocycles. The van der Waals surface area contributed by atoms with E-state index in [0.717, 1.165) is 0 Å². The summed E-state index contributed by atoms with van der Waals surface area (Å²) in [4.78, 5) is 21.7. The van der Waals surface area contributed by atoms with Crippen LogP contribution in [-0.2, 0) is 9.53 Å². The highest BCUT2D eigenvalue weighted by molar-refractivity contribution is 5.81. The lowest BCUT2D eigenvalue weighted by Crippen LogP contribution is -2.40. The third-order valence-electron chi connectivity index (χ3n) is 4.25. The standard InChI is InChI=1S/C10H13N5O4.C5H10O5/c11-8-5-9(13-2-12-8)15(3-14-5)10-7(18)6(17)4(1-16)19-10;6-1-3(8)5(10)4(9)2-7/h2-4,6-7,10,16-18H,1H2,(H2,11,12,13);1,3-5,7-10H,2H2/t4-,6-,7-,10-;3-,4+,5-/m10/s1. The number of nitrogens with two attached hydrogens (primary N) is 1. The monoisotopic (exact) mass is 417 g/mol. The van der Waals surface area contributed by atoms with E-state index in [1.807, 2.05) is 0 Å². The molecule has 0 bridgehead atoms. The Labute approximate surface area is 163 Å². The number of rotatable bonds is 6. The van der Waals surface area contributed by atoms with Crippen LogP contribution >= 0.6 is 0 Å². The minimum Gasteiger partial charge on any atom is -0.394 e. The number of hydrogen-bond acceptors (Lipinski definition) is 13. The first-order valence-corrected chi connectivity index (χ1v) is 8.42. The van der Waals surface area contributed by atoms with Gasteiger partial charge in [0.05, 0.1) is 19.5 Å². The van der Waals surface area contributed by atoms with E-state index in [1.54, 1.807) is 0 Å². The molecule has 7 atom stereocenters. The second-order valence-corrected chi connectivity index (χ2v) is 6.18. The summed E-state index contributed by atoms with van der Waals surface area (Å²) in [5.74, 6) is 0.218. The van der Waals surface area contributed by atoms with E-state index in [0.29, 0.717) is 11.2 Å². The molecule has 0 amide bonds. The van der Waals surface area contributed by atoms with Gasteiger partial charge in [-0.1, -0.05) is 0 Å². The summed E-state index contributed by atoms with van der Waals surface area (Å²) in [6.07, 6.45) is -6.05. The van der Waals surface area contributed by atoms with E-state index >= 15 is 0 Å². The topological polar surface area (TPSA) is 238 Å². The molecule has 29 heavy (non-hydrogen) atoms. The van der Waals surface area contributed by atoms with Crippen molar-refractivity contribution in [1.82, 2.24) is 19.5 Å². The quantitative estimate of drug-likeness (QED) is 0.206. The van der Waals surface area contributed by atoms with Gasteiger partial charge in [0.15, 0.2) is 24.0 Å². The summed E-state index contributed by atoms with van der Waals surface area (Å²) in [5.41, 5.74) is 6.44. The molecule has 0 aliphatic carbocycles. The third-order valence-corrected chi connectivity index (χ3v) is 4.25. The molecule has 0 spiro atoms. The zero-order valence-electron chi connectivity index (χ0n) is 15.0. The summed E-state index contributed by atoms with van der Waals surface area (Å²) in [5, 5.41) is 62.8. The van der Waals surface area contributed by atoms with Gasteiger partial charge in [0.1, 0.15) is 48.5 Å². The number of nitrogens with zero attached hydrogens (tertiary/aromatic N) is 4. The van der Waals surface area contributed by atoms with Crippen molar-refractivity contribution in [2.45, 2.75) is 42.9 Å². The molecule has 2 aromatic heterocycles. The highest BCUT2D eigenvalue weighted by atomic mass is 16.6. The fraction of sp³-hybridized carbons (Fsp3) is 0.600. The first kappa shape index (κ1) is 23.0. The van der Waals surface area contributed by atoms with Crippen molar-refractivity contribution in [2.24, 2.45) is 0 Å². The van der Waals surface area contributed by atoms with Crippen LogP contribution in [0.2, 0.25) is 0 Å². The number of anilines is 1. The van der Waals surface area contributed by atoms with Crippen LogP contribution in [-0.4, -0.2) is 111 Å². The molecule has 1 saturated heterocycles. The number of ether oxygens (including phenoxy) is 1. The van der Waals surface area contributed by atoms with E-state index in [-0.39, 0.29) is 12.1 Å². The van der Waals surface area contributed by atoms with Crippen LogP contribution < -0.4 is 5.73 Å². The van der Waals surface area contributed by atoms with Gasteiger partial charge in [0.2, 0.25) is 0 Å². The van der Waals surface area contributed by atoms with Crippen LogP contribution in [0.4, 0.5) is 5.82 Å². The maximum atomic E-state index is 9.95. The number of nitrogen functional groups attached to an aromatic ring is 1. The van der Waals surface area contributed by atoms with Gasteiger partial charge in [-0.3, -0.25) is 4.57 Å². The number of aliphatic hydroxyl groups excluding tert-OH is 7. The number of hydrogen-bond donors (Lipinski definition) is 8. The van der Waals surface area contributed by atoms with E-state index in [2.05, 4.69) is 15.0 Å². The van der Waals surface area contributed by atoms with Gasteiger partial charge in [-0.05, 0) is 0 Å². The molecule has 14 heteroatoms. The van der Waals surface area contributed by atoms with E-state index < -0.39 is 56.1 Å². The summed E-state index contributed by atoms with van der Waals surface area (Å²) in [6.45, 7) is -1.08. The van der Waals surface area contributed by atoms with E-state index in [4.69, 9.17) is 36.0 Å². The van der Waals surface area contributed by atoms with Gasteiger partial charge >= 0.3 is 0 Å². The van der Waals surface area contributed by atoms with Crippen molar-refractivity contribution in [3.8, 4) is 0 Å². The molecule has 0 aromatic carbocycles. The average Bonchev–Trinajstić information content (AvgIpc) is 3.28. The van der Waals surface area contributed by atoms with Gasteiger partial charge in [-0.2, -0.15) is 0 Å². The minimum absolute atomic E-state index is 0.0869. The molecular weight excluding hydrogens is 394 g/mol. The van der Waals surface area contributed by atoms with Crippen molar-refractivity contribution >= 4 is 23.3 Å².